The summed E-state index contributed by atoms with van der Waals surface area (Å²) in [5, 5.41) is 0. The number of hydrogen-bond acceptors (Lipinski definition) is 1. The Labute approximate surface area is 147 Å². The second-order valence-corrected chi connectivity index (χ2v) is 11.2. The number of hydrogen-bond donors (Lipinski definition) is 0. The third-order valence-electron chi connectivity index (χ3n) is 10.5. The van der Waals surface area contributed by atoms with Gasteiger partial charge in [0.1, 0.15) is 5.78 Å². The van der Waals surface area contributed by atoms with Gasteiger partial charge in [0, 0.05) is 11.8 Å². The highest BCUT2D eigenvalue weighted by Gasteiger charge is 2.67. The molecule has 6 aliphatic rings. The molecule has 6 atom stereocenters. The normalized spacial score (nSPS) is 55.0. The maximum Gasteiger partial charge on any atom is 0.139 e. The minimum Gasteiger partial charge on any atom is -0.299 e. The Bertz CT molecular complexity index is 585. The van der Waals surface area contributed by atoms with E-state index in [0.29, 0.717) is 5.78 Å². The van der Waals surface area contributed by atoms with Crippen molar-refractivity contribution in [2.24, 2.45) is 45.8 Å². The monoisotopic (exact) mass is 326 g/mol. The first-order valence-corrected chi connectivity index (χ1v) is 11.1. The third kappa shape index (κ3) is 1.71. The van der Waals surface area contributed by atoms with Crippen LogP contribution in [0.25, 0.3) is 0 Å². The molecule has 1 spiro atoms. The van der Waals surface area contributed by atoms with E-state index in [2.05, 4.69) is 6.92 Å². The van der Waals surface area contributed by atoms with Crippen LogP contribution in [0.5, 0.6) is 0 Å². The maximum atomic E-state index is 12.6. The predicted molar refractivity (Wildman–Crippen MR) is 95.5 cm³/mol. The van der Waals surface area contributed by atoms with Gasteiger partial charge in [0.05, 0.1) is 0 Å². The smallest absolute Gasteiger partial charge is 0.139 e. The molecule has 0 amide bonds. The predicted octanol–water partition coefficient (Wildman–Crippen LogP) is 5.77. The van der Waals surface area contributed by atoms with Gasteiger partial charge in [0.2, 0.25) is 0 Å². The zero-order chi connectivity index (χ0) is 16.2. The Kier molecular flexibility index (Phi) is 2.77. The minimum absolute atomic E-state index is 0.0745. The van der Waals surface area contributed by atoms with Crippen LogP contribution in [0, 0.1) is 45.8 Å². The molecule has 1 nitrogen and oxygen atoms in total. The van der Waals surface area contributed by atoms with Gasteiger partial charge in [-0.1, -0.05) is 6.92 Å². The van der Waals surface area contributed by atoms with Crippen LogP contribution < -0.4 is 0 Å². The van der Waals surface area contributed by atoms with E-state index in [9.17, 15) is 4.79 Å². The SMILES string of the molecule is C[C@]12CC[C@H]3[C@@H](CC[C@@H]4CC5(CC5)CC[C@@]43C3CC3)[C@@H]1CCC2=O. The average molecular weight is 327 g/mol. The molecular formula is C23H34O. The summed E-state index contributed by atoms with van der Waals surface area (Å²) in [5.74, 6) is 5.40. The maximum absolute atomic E-state index is 12.6. The molecule has 0 aromatic heterocycles. The van der Waals surface area contributed by atoms with E-state index in [4.69, 9.17) is 0 Å². The molecule has 0 unspecified atom stereocenters. The van der Waals surface area contributed by atoms with Gasteiger partial charge >= 0.3 is 0 Å². The standard InChI is InChI=1S/C23H34O/c1-21-9-8-19-17(18(21)6-7-20(21)24)5-4-16-14-22(10-11-22)12-13-23(16,19)15-2-3-15/h15-19H,2-14H2,1H3/t16-,17+,18+,19+,21+,23-/m1/s1. The first-order valence-electron chi connectivity index (χ1n) is 11.1. The van der Waals surface area contributed by atoms with Gasteiger partial charge in [-0.15, -0.1) is 0 Å². The van der Waals surface area contributed by atoms with Crippen molar-refractivity contribution >= 4 is 5.78 Å². The Morgan fingerprint density at radius 3 is 2.29 bits per heavy atom. The Balaban J connectivity index is 1.37. The van der Waals surface area contributed by atoms with E-state index < -0.39 is 0 Å². The number of carbonyl (C=O) groups is 1. The first kappa shape index (κ1) is 14.8. The molecule has 6 saturated carbocycles. The fraction of sp³-hybridized carbons (Fsp3) is 0.957. The second-order valence-electron chi connectivity index (χ2n) is 11.2. The largest absolute Gasteiger partial charge is 0.299 e. The van der Waals surface area contributed by atoms with Gasteiger partial charge in [0.15, 0.2) is 0 Å². The van der Waals surface area contributed by atoms with Crippen molar-refractivity contribution in [2.45, 2.75) is 90.4 Å². The van der Waals surface area contributed by atoms with Crippen molar-refractivity contribution in [2.75, 3.05) is 0 Å². The van der Waals surface area contributed by atoms with E-state index in [1.54, 1.807) is 32.1 Å². The minimum atomic E-state index is 0.0745. The molecule has 24 heavy (non-hydrogen) atoms. The van der Waals surface area contributed by atoms with E-state index >= 15 is 0 Å². The number of Topliss-reactive ketones (excluding diaryl/α,β-unsaturated/α-hetero) is 1. The van der Waals surface area contributed by atoms with E-state index in [-0.39, 0.29) is 5.41 Å². The third-order valence-corrected chi connectivity index (χ3v) is 10.5. The Morgan fingerprint density at radius 1 is 0.792 bits per heavy atom. The summed E-state index contributed by atoms with van der Waals surface area (Å²) in [6.07, 6.45) is 18.6. The van der Waals surface area contributed by atoms with E-state index in [1.807, 2.05) is 0 Å². The van der Waals surface area contributed by atoms with Crippen LogP contribution in [0.4, 0.5) is 0 Å². The second kappa shape index (κ2) is 4.49. The summed E-state index contributed by atoms with van der Waals surface area (Å²) in [5.41, 5.74) is 1.62. The van der Waals surface area contributed by atoms with Crippen molar-refractivity contribution in [3.63, 3.8) is 0 Å². The molecule has 0 aliphatic heterocycles. The lowest BCUT2D eigenvalue weighted by molar-refractivity contribution is -0.148. The molecule has 0 aromatic rings. The van der Waals surface area contributed by atoms with E-state index in [0.717, 1.165) is 46.8 Å². The molecule has 0 saturated heterocycles. The number of ketones is 1. The first-order chi connectivity index (χ1) is 11.6. The highest BCUT2D eigenvalue weighted by molar-refractivity contribution is 5.87. The summed E-state index contributed by atoms with van der Waals surface area (Å²) in [6.45, 7) is 2.35. The quantitative estimate of drug-likeness (QED) is 0.598. The van der Waals surface area contributed by atoms with E-state index in [1.165, 1.54) is 44.9 Å². The topological polar surface area (TPSA) is 17.1 Å². The Morgan fingerprint density at radius 2 is 1.54 bits per heavy atom. The number of carbonyl (C=O) groups excluding carboxylic acids is 1. The van der Waals surface area contributed by atoms with Crippen LogP contribution in [-0.2, 0) is 4.79 Å². The zero-order valence-corrected chi connectivity index (χ0v) is 15.5. The lowest BCUT2D eigenvalue weighted by atomic mass is 9.42. The summed E-state index contributed by atoms with van der Waals surface area (Å²) < 4.78 is 0. The average Bonchev–Trinajstić information content (AvgIpc) is 3.50. The fourth-order valence-electron chi connectivity index (χ4n) is 8.97. The van der Waals surface area contributed by atoms with Crippen molar-refractivity contribution in [3.05, 3.63) is 0 Å². The van der Waals surface area contributed by atoms with Gasteiger partial charge in [-0.2, -0.15) is 0 Å². The molecule has 0 radical (unpaired) electrons. The molecule has 6 aliphatic carbocycles. The molecule has 0 N–H and O–H groups in total. The lowest BCUT2D eigenvalue weighted by Crippen LogP contribution is -2.55. The van der Waals surface area contributed by atoms with Gasteiger partial charge in [-0.3, -0.25) is 4.79 Å². The molecule has 0 bridgehead atoms. The molecule has 6 fully saturated rings. The molecular weight excluding hydrogens is 292 g/mol. The van der Waals surface area contributed by atoms with Gasteiger partial charge in [-0.05, 0) is 117 Å². The highest BCUT2D eigenvalue weighted by atomic mass is 16.1. The molecule has 6 rings (SSSR count). The van der Waals surface area contributed by atoms with Crippen LogP contribution in [0.1, 0.15) is 90.4 Å². The molecule has 1 heteroatoms. The summed E-state index contributed by atoms with van der Waals surface area (Å²) >= 11 is 0. The highest BCUT2D eigenvalue weighted by Crippen LogP contribution is 2.74. The van der Waals surface area contributed by atoms with Crippen LogP contribution >= 0.6 is 0 Å². The summed E-state index contributed by atoms with van der Waals surface area (Å²) in [6, 6.07) is 0. The van der Waals surface area contributed by atoms with Crippen LogP contribution in [0.15, 0.2) is 0 Å². The van der Waals surface area contributed by atoms with Gasteiger partial charge < -0.3 is 0 Å². The molecule has 132 valence electrons. The molecule has 0 aromatic carbocycles. The summed E-state index contributed by atoms with van der Waals surface area (Å²) in [7, 11) is 0. The summed E-state index contributed by atoms with van der Waals surface area (Å²) in [4.78, 5) is 12.6. The van der Waals surface area contributed by atoms with Crippen LogP contribution in [0.2, 0.25) is 0 Å². The van der Waals surface area contributed by atoms with Crippen LogP contribution in [-0.4, -0.2) is 5.78 Å². The zero-order valence-electron chi connectivity index (χ0n) is 15.5. The van der Waals surface area contributed by atoms with Crippen molar-refractivity contribution in [1.82, 2.24) is 0 Å². The molecule has 0 heterocycles. The number of fused-ring (bicyclic) bond motifs is 5. The van der Waals surface area contributed by atoms with Crippen LogP contribution in [0.3, 0.4) is 0 Å². The Hall–Kier alpha value is -0.330. The number of rotatable bonds is 1. The lowest BCUT2D eigenvalue weighted by Gasteiger charge is -2.62. The van der Waals surface area contributed by atoms with Crippen molar-refractivity contribution in [1.29, 1.82) is 0 Å². The van der Waals surface area contributed by atoms with Gasteiger partial charge in [0.25, 0.3) is 0 Å². The van der Waals surface area contributed by atoms with Crippen molar-refractivity contribution < 1.29 is 4.79 Å². The van der Waals surface area contributed by atoms with Gasteiger partial charge in [-0.25, -0.2) is 0 Å². The van der Waals surface area contributed by atoms with Crippen molar-refractivity contribution in [3.8, 4) is 0 Å². The fourth-order valence-corrected chi connectivity index (χ4v) is 8.97.